The van der Waals surface area contributed by atoms with E-state index in [4.69, 9.17) is 9.15 Å². The molecule has 2 aromatic heterocycles. The van der Waals surface area contributed by atoms with Gasteiger partial charge in [-0.05, 0) is 48.8 Å². The largest absolute Gasteiger partial charge is 0.465 e. The number of halogens is 1. The number of esters is 1. The van der Waals surface area contributed by atoms with Gasteiger partial charge in [-0.25, -0.2) is 0 Å². The number of hydrogen-bond acceptors (Lipinski definition) is 6. The average molecular weight is 374 g/mol. The van der Waals surface area contributed by atoms with Crippen LogP contribution in [0.2, 0.25) is 0 Å². The lowest BCUT2D eigenvalue weighted by Gasteiger charge is -2.12. The molecule has 0 radical (unpaired) electrons. The Morgan fingerprint density at radius 1 is 1.48 bits per heavy atom. The lowest BCUT2D eigenvalue weighted by Crippen LogP contribution is -2.09. The van der Waals surface area contributed by atoms with Crippen LogP contribution >= 0.6 is 27.7 Å². The smallest absolute Gasteiger partial charge is 0.316 e. The Hall–Kier alpha value is -1.28. The summed E-state index contributed by atoms with van der Waals surface area (Å²) in [5.41, 5.74) is 0. The zero-order chi connectivity index (χ0) is 15.4. The summed E-state index contributed by atoms with van der Waals surface area (Å²) < 4.78 is 13.0. The van der Waals surface area contributed by atoms with Crippen molar-refractivity contribution >= 4 is 33.7 Å². The summed E-state index contributed by atoms with van der Waals surface area (Å²) in [6, 6.07) is 3.77. The zero-order valence-electron chi connectivity index (χ0n) is 12.0. The van der Waals surface area contributed by atoms with E-state index in [1.807, 2.05) is 24.5 Å². The molecule has 0 aliphatic heterocycles. The molecule has 0 saturated heterocycles. The molecule has 0 fully saturated rings. The highest BCUT2D eigenvalue weighted by molar-refractivity contribution is 9.10. The predicted molar refractivity (Wildman–Crippen MR) is 83.2 cm³/mol. The molecule has 2 rings (SSSR count). The molecule has 0 spiro atoms. The number of ether oxygens (including phenoxy) is 1. The van der Waals surface area contributed by atoms with Crippen LogP contribution in [0.5, 0.6) is 0 Å². The van der Waals surface area contributed by atoms with E-state index in [0.717, 1.165) is 0 Å². The van der Waals surface area contributed by atoms with Crippen LogP contribution in [0.25, 0.3) is 11.6 Å². The van der Waals surface area contributed by atoms with Gasteiger partial charge in [-0.3, -0.25) is 9.36 Å². The fourth-order valence-electron chi connectivity index (χ4n) is 1.77. The van der Waals surface area contributed by atoms with Gasteiger partial charge in [-0.1, -0.05) is 11.8 Å². The van der Waals surface area contributed by atoms with Gasteiger partial charge in [0.15, 0.2) is 15.6 Å². The van der Waals surface area contributed by atoms with Gasteiger partial charge in [0.2, 0.25) is 5.82 Å². The third-order valence-electron chi connectivity index (χ3n) is 2.60. The van der Waals surface area contributed by atoms with Crippen molar-refractivity contribution in [3.63, 3.8) is 0 Å². The summed E-state index contributed by atoms with van der Waals surface area (Å²) >= 11 is 4.58. The third-order valence-corrected chi connectivity index (χ3v) is 3.94. The maximum Gasteiger partial charge on any atom is 0.316 e. The highest BCUT2D eigenvalue weighted by Gasteiger charge is 2.20. The van der Waals surface area contributed by atoms with Gasteiger partial charge in [0.25, 0.3) is 0 Å². The number of hydrogen-bond donors (Lipinski definition) is 0. The molecule has 0 amide bonds. The summed E-state index contributed by atoms with van der Waals surface area (Å²) in [4.78, 5) is 11.5. The first-order valence-electron chi connectivity index (χ1n) is 6.52. The molecular formula is C13H16BrN3O3S. The Morgan fingerprint density at radius 2 is 2.24 bits per heavy atom. The summed E-state index contributed by atoms with van der Waals surface area (Å²) in [5.74, 6) is 1.22. The SMILES string of the molecule is CCOC(=O)CSc1nnc(-c2ccc(Br)o2)n1C(C)C. The van der Waals surface area contributed by atoms with Crippen LogP contribution in [-0.2, 0) is 9.53 Å². The lowest BCUT2D eigenvalue weighted by molar-refractivity contribution is -0.139. The van der Waals surface area contributed by atoms with E-state index in [1.54, 1.807) is 13.0 Å². The van der Waals surface area contributed by atoms with E-state index in [2.05, 4.69) is 26.1 Å². The van der Waals surface area contributed by atoms with Gasteiger partial charge in [-0.2, -0.15) is 0 Å². The first-order chi connectivity index (χ1) is 10.0. The molecule has 8 heteroatoms. The number of carbonyl (C=O) groups is 1. The van der Waals surface area contributed by atoms with Gasteiger partial charge < -0.3 is 9.15 Å². The second kappa shape index (κ2) is 7.13. The second-order valence-corrected chi connectivity index (χ2v) is 6.19. The van der Waals surface area contributed by atoms with E-state index >= 15 is 0 Å². The molecule has 21 heavy (non-hydrogen) atoms. The Labute approximate surface area is 135 Å². The van der Waals surface area contributed by atoms with Crippen LogP contribution in [0.15, 0.2) is 26.4 Å². The fraction of sp³-hybridized carbons (Fsp3) is 0.462. The molecule has 0 bridgehead atoms. The molecule has 0 atom stereocenters. The van der Waals surface area contributed by atoms with Crippen LogP contribution in [-0.4, -0.2) is 33.1 Å². The minimum atomic E-state index is -0.261. The fourth-order valence-corrected chi connectivity index (χ4v) is 2.94. The van der Waals surface area contributed by atoms with Gasteiger partial charge in [-0.15, -0.1) is 10.2 Å². The van der Waals surface area contributed by atoms with Gasteiger partial charge in [0.05, 0.1) is 12.4 Å². The first-order valence-corrected chi connectivity index (χ1v) is 8.29. The van der Waals surface area contributed by atoms with Crippen LogP contribution in [0.4, 0.5) is 0 Å². The van der Waals surface area contributed by atoms with Crippen molar-refractivity contribution < 1.29 is 13.9 Å². The minimum Gasteiger partial charge on any atom is -0.465 e. The topological polar surface area (TPSA) is 70.2 Å². The molecular weight excluding hydrogens is 358 g/mol. The van der Waals surface area contributed by atoms with Crippen molar-refractivity contribution in [2.75, 3.05) is 12.4 Å². The van der Waals surface area contributed by atoms with Crippen molar-refractivity contribution in [3.8, 4) is 11.6 Å². The van der Waals surface area contributed by atoms with Gasteiger partial charge in [0.1, 0.15) is 0 Å². The summed E-state index contributed by atoms with van der Waals surface area (Å²) in [7, 11) is 0. The maximum absolute atomic E-state index is 11.5. The van der Waals surface area contributed by atoms with E-state index in [-0.39, 0.29) is 17.8 Å². The van der Waals surface area contributed by atoms with E-state index < -0.39 is 0 Å². The molecule has 0 N–H and O–H groups in total. The average Bonchev–Trinajstić information content (AvgIpc) is 3.02. The Morgan fingerprint density at radius 3 is 2.81 bits per heavy atom. The monoisotopic (exact) mass is 373 g/mol. The molecule has 2 heterocycles. The maximum atomic E-state index is 11.5. The predicted octanol–water partition coefficient (Wildman–Crippen LogP) is 3.54. The number of rotatable bonds is 6. The first kappa shape index (κ1) is 16.1. The standard InChI is InChI=1S/C13H16BrN3O3S/c1-4-19-11(18)7-21-13-16-15-12(17(13)8(2)3)9-5-6-10(14)20-9/h5-6,8H,4,7H2,1-3H3. The highest BCUT2D eigenvalue weighted by Crippen LogP contribution is 2.29. The lowest BCUT2D eigenvalue weighted by atomic mass is 10.3. The van der Waals surface area contributed by atoms with E-state index in [9.17, 15) is 4.79 Å². The number of thioether (sulfide) groups is 1. The molecule has 0 saturated carbocycles. The van der Waals surface area contributed by atoms with Crippen molar-refractivity contribution in [1.82, 2.24) is 14.8 Å². The molecule has 0 aromatic carbocycles. The minimum absolute atomic E-state index is 0.142. The number of furan rings is 1. The number of carbonyl (C=O) groups excluding carboxylic acids is 1. The van der Waals surface area contributed by atoms with Crippen LogP contribution in [0.1, 0.15) is 26.8 Å². The Kier molecular flexibility index (Phi) is 5.46. The highest BCUT2D eigenvalue weighted by atomic mass is 79.9. The molecule has 0 unspecified atom stereocenters. The Balaban J connectivity index is 2.23. The van der Waals surface area contributed by atoms with Crippen LogP contribution in [0, 0.1) is 0 Å². The third kappa shape index (κ3) is 3.88. The molecule has 6 nitrogen and oxygen atoms in total. The zero-order valence-corrected chi connectivity index (χ0v) is 14.4. The van der Waals surface area contributed by atoms with Crippen molar-refractivity contribution in [2.45, 2.75) is 32.0 Å². The number of nitrogens with zero attached hydrogens (tertiary/aromatic N) is 3. The quantitative estimate of drug-likeness (QED) is 0.569. The Bertz CT molecular complexity index is 624. The van der Waals surface area contributed by atoms with Crippen molar-refractivity contribution in [3.05, 3.63) is 16.8 Å². The number of aromatic nitrogens is 3. The van der Waals surface area contributed by atoms with Crippen LogP contribution < -0.4 is 0 Å². The van der Waals surface area contributed by atoms with E-state index in [1.165, 1.54) is 11.8 Å². The van der Waals surface area contributed by atoms with Gasteiger partial charge >= 0.3 is 5.97 Å². The van der Waals surface area contributed by atoms with Crippen molar-refractivity contribution in [2.24, 2.45) is 0 Å². The molecule has 114 valence electrons. The normalized spacial score (nSPS) is 11.1. The van der Waals surface area contributed by atoms with E-state index in [0.29, 0.717) is 28.0 Å². The van der Waals surface area contributed by atoms with Crippen LogP contribution in [0.3, 0.4) is 0 Å². The second-order valence-electron chi connectivity index (χ2n) is 4.47. The molecule has 0 aliphatic carbocycles. The van der Waals surface area contributed by atoms with Gasteiger partial charge in [0, 0.05) is 6.04 Å². The summed E-state index contributed by atoms with van der Waals surface area (Å²) in [5, 5.41) is 8.99. The molecule has 2 aromatic rings. The molecule has 0 aliphatic rings. The summed E-state index contributed by atoms with van der Waals surface area (Å²) in [6.07, 6.45) is 0. The van der Waals surface area contributed by atoms with Crippen molar-refractivity contribution in [1.29, 1.82) is 0 Å². The summed E-state index contributed by atoms with van der Waals surface area (Å²) in [6.45, 7) is 6.21.